The van der Waals surface area contributed by atoms with Crippen LogP contribution in [0.3, 0.4) is 0 Å². The first-order chi connectivity index (χ1) is 14.5. The van der Waals surface area contributed by atoms with E-state index in [0.717, 1.165) is 28.6 Å². The molecule has 0 aliphatic heterocycles. The topological polar surface area (TPSA) is 75.0 Å². The zero-order valence-corrected chi connectivity index (χ0v) is 17.6. The van der Waals surface area contributed by atoms with Gasteiger partial charge in [-0.3, -0.25) is 4.79 Å². The second-order valence-corrected chi connectivity index (χ2v) is 7.67. The van der Waals surface area contributed by atoms with E-state index in [4.69, 9.17) is 4.52 Å². The summed E-state index contributed by atoms with van der Waals surface area (Å²) in [6.45, 7) is 4.64. The van der Waals surface area contributed by atoms with Crippen molar-refractivity contribution < 1.29 is 9.32 Å². The standard InChI is InChI=1S/C24H26N4O2/c1-4-19(17-8-6-5-7-9-17)24(29)28(3)13-12-22-26-23(30-27-22)21-15-18-14-16(2)10-11-20(18)25-21/h5-11,14-15,19,25H,4,12-13H2,1-3H3/t19-/m0/s1. The predicted octanol–water partition coefficient (Wildman–Crippen LogP) is 4.72. The zero-order valence-electron chi connectivity index (χ0n) is 17.6. The molecular weight excluding hydrogens is 376 g/mol. The van der Waals surface area contributed by atoms with Gasteiger partial charge in [-0.2, -0.15) is 4.98 Å². The molecule has 6 heteroatoms. The Morgan fingerprint density at radius 2 is 1.97 bits per heavy atom. The third-order valence-corrected chi connectivity index (χ3v) is 5.43. The van der Waals surface area contributed by atoms with E-state index >= 15 is 0 Å². The second kappa shape index (κ2) is 8.53. The van der Waals surface area contributed by atoms with Gasteiger partial charge in [-0.25, -0.2) is 0 Å². The van der Waals surface area contributed by atoms with E-state index in [1.165, 1.54) is 5.56 Å². The summed E-state index contributed by atoms with van der Waals surface area (Å²) in [5, 5.41) is 5.20. The highest BCUT2D eigenvalue weighted by atomic mass is 16.5. The fourth-order valence-electron chi connectivity index (χ4n) is 3.71. The summed E-state index contributed by atoms with van der Waals surface area (Å²) in [5.74, 6) is 1.03. The van der Waals surface area contributed by atoms with Crippen molar-refractivity contribution in [2.24, 2.45) is 0 Å². The fourth-order valence-corrected chi connectivity index (χ4v) is 3.71. The second-order valence-electron chi connectivity index (χ2n) is 7.67. The minimum absolute atomic E-state index is 0.110. The zero-order chi connectivity index (χ0) is 21.1. The third kappa shape index (κ3) is 4.13. The van der Waals surface area contributed by atoms with Crippen LogP contribution in [-0.4, -0.2) is 39.5 Å². The Morgan fingerprint density at radius 3 is 2.73 bits per heavy atom. The van der Waals surface area contributed by atoms with Crippen LogP contribution in [-0.2, 0) is 11.2 Å². The number of nitrogens with one attached hydrogen (secondary N) is 1. The van der Waals surface area contributed by atoms with Crippen molar-refractivity contribution in [3.8, 4) is 11.6 Å². The molecule has 0 aliphatic carbocycles. The van der Waals surface area contributed by atoms with Gasteiger partial charge in [-0.1, -0.05) is 54.0 Å². The number of hydrogen-bond donors (Lipinski definition) is 1. The molecule has 0 bridgehead atoms. The molecule has 2 aromatic heterocycles. The Labute approximate surface area is 175 Å². The van der Waals surface area contributed by atoms with Gasteiger partial charge in [0.2, 0.25) is 5.91 Å². The number of amides is 1. The summed E-state index contributed by atoms with van der Waals surface area (Å²) in [4.78, 5) is 22.5. The molecule has 2 heterocycles. The number of aromatic nitrogens is 3. The van der Waals surface area contributed by atoms with Gasteiger partial charge in [0.05, 0.1) is 5.92 Å². The maximum Gasteiger partial charge on any atom is 0.274 e. The average molecular weight is 402 g/mol. The average Bonchev–Trinajstić information content (AvgIpc) is 3.39. The number of hydrogen-bond acceptors (Lipinski definition) is 4. The van der Waals surface area contributed by atoms with Crippen LogP contribution < -0.4 is 0 Å². The van der Waals surface area contributed by atoms with E-state index in [0.29, 0.717) is 24.7 Å². The highest BCUT2D eigenvalue weighted by Gasteiger charge is 2.22. The van der Waals surface area contributed by atoms with E-state index in [9.17, 15) is 4.79 Å². The molecule has 0 unspecified atom stereocenters. The summed E-state index contributed by atoms with van der Waals surface area (Å²) in [6.07, 6.45) is 1.30. The number of carbonyl (C=O) groups excluding carboxylic acids is 1. The van der Waals surface area contributed by atoms with E-state index in [1.807, 2.05) is 56.4 Å². The maximum atomic E-state index is 12.9. The van der Waals surface area contributed by atoms with Crippen molar-refractivity contribution in [2.75, 3.05) is 13.6 Å². The van der Waals surface area contributed by atoms with Crippen LogP contribution in [0.2, 0.25) is 0 Å². The monoisotopic (exact) mass is 402 g/mol. The van der Waals surface area contributed by atoms with Crippen LogP contribution >= 0.6 is 0 Å². The number of aryl methyl sites for hydroxylation is 1. The lowest BCUT2D eigenvalue weighted by Gasteiger charge is -2.23. The molecule has 6 nitrogen and oxygen atoms in total. The minimum atomic E-state index is -0.133. The van der Waals surface area contributed by atoms with Crippen molar-refractivity contribution in [3.05, 3.63) is 71.5 Å². The highest BCUT2D eigenvalue weighted by molar-refractivity contribution is 5.85. The number of rotatable bonds is 7. The summed E-state index contributed by atoms with van der Waals surface area (Å²) in [7, 11) is 1.83. The molecule has 1 N–H and O–H groups in total. The smallest absolute Gasteiger partial charge is 0.274 e. The van der Waals surface area contributed by atoms with Gasteiger partial charge in [-0.15, -0.1) is 0 Å². The first kappa shape index (κ1) is 19.9. The number of carbonyl (C=O) groups is 1. The van der Waals surface area contributed by atoms with Gasteiger partial charge >= 0.3 is 0 Å². The quantitative estimate of drug-likeness (QED) is 0.485. The van der Waals surface area contributed by atoms with E-state index in [-0.39, 0.29) is 11.8 Å². The first-order valence-corrected chi connectivity index (χ1v) is 10.3. The van der Waals surface area contributed by atoms with Crippen molar-refractivity contribution >= 4 is 16.8 Å². The van der Waals surface area contributed by atoms with Gasteiger partial charge < -0.3 is 14.4 Å². The number of benzene rings is 2. The van der Waals surface area contributed by atoms with Crippen LogP contribution in [0.25, 0.3) is 22.5 Å². The molecule has 0 saturated heterocycles. The largest absolute Gasteiger partial charge is 0.351 e. The molecule has 154 valence electrons. The molecule has 0 fully saturated rings. The van der Waals surface area contributed by atoms with Gasteiger partial charge in [0, 0.05) is 30.9 Å². The van der Waals surface area contributed by atoms with Crippen molar-refractivity contribution in [3.63, 3.8) is 0 Å². The normalized spacial score (nSPS) is 12.2. The Hall–Kier alpha value is -3.41. The molecule has 0 spiro atoms. The third-order valence-electron chi connectivity index (χ3n) is 5.43. The van der Waals surface area contributed by atoms with Gasteiger partial charge in [0.1, 0.15) is 5.69 Å². The van der Waals surface area contributed by atoms with E-state index < -0.39 is 0 Å². The molecule has 0 saturated carbocycles. The number of H-pyrrole nitrogens is 1. The van der Waals surface area contributed by atoms with E-state index in [2.05, 4.69) is 34.2 Å². The fraction of sp³-hybridized carbons (Fsp3) is 0.292. The Bertz CT molecular complexity index is 1150. The molecule has 4 rings (SSSR count). The highest BCUT2D eigenvalue weighted by Crippen LogP contribution is 2.24. The van der Waals surface area contributed by atoms with Crippen LogP contribution in [0.5, 0.6) is 0 Å². The lowest BCUT2D eigenvalue weighted by Crippen LogP contribution is -2.33. The molecule has 4 aromatic rings. The van der Waals surface area contributed by atoms with Crippen LogP contribution in [0, 0.1) is 6.92 Å². The molecule has 1 atom stereocenters. The lowest BCUT2D eigenvalue weighted by atomic mass is 9.95. The number of likely N-dealkylation sites (N-methyl/N-ethyl adjacent to an activating group) is 1. The van der Waals surface area contributed by atoms with Crippen LogP contribution in [0.15, 0.2) is 59.1 Å². The van der Waals surface area contributed by atoms with Crippen molar-refractivity contribution in [1.82, 2.24) is 20.0 Å². The molecule has 30 heavy (non-hydrogen) atoms. The lowest BCUT2D eigenvalue weighted by molar-refractivity contribution is -0.131. The molecule has 1 amide bonds. The molecule has 0 aliphatic rings. The first-order valence-electron chi connectivity index (χ1n) is 10.3. The molecule has 2 aromatic carbocycles. The van der Waals surface area contributed by atoms with Crippen LogP contribution in [0.4, 0.5) is 0 Å². The number of aromatic amines is 1. The molecule has 0 radical (unpaired) electrons. The SMILES string of the molecule is CC[C@H](C(=O)N(C)CCc1noc(-c2cc3cc(C)ccc3[nH]2)n1)c1ccccc1. The Morgan fingerprint density at radius 1 is 1.17 bits per heavy atom. The Balaban J connectivity index is 1.41. The van der Waals surface area contributed by atoms with Crippen molar-refractivity contribution in [1.29, 1.82) is 0 Å². The van der Waals surface area contributed by atoms with Crippen LogP contribution in [0.1, 0.15) is 36.2 Å². The summed E-state index contributed by atoms with van der Waals surface area (Å²) in [5.41, 5.74) is 4.08. The predicted molar refractivity (Wildman–Crippen MR) is 117 cm³/mol. The number of nitrogens with zero attached hydrogens (tertiary/aromatic N) is 3. The van der Waals surface area contributed by atoms with Gasteiger partial charge in [0.15, 0.2) is 5.82 Å². The number of fused-ring (bicyclic) bond motifs is 1. The molecular formula is C24H26N4O2. The summed E-state index contributed by atoms with van der Waals surface area (Å²) < 4.78 is 5.45. The maximum absolute atomic E-state index is 12.9. The van der Waals surface area contributed by atoms with E-state index in [1.54, 1.807) is 4.90 Å². The minimum Gasteiger partial charge on any atom is -0.351 e. The van der Waals surface area contributed by atoms with Gasteiger partial charge in [0.25, 0.3) is 5.89 Å². The Kier molecular flexibility index (Phi) is 5.65. The summed E-state index contributed by atoms with van der Waals surface area (Å²) >= 11 is 0. The summed E-state index contributed by atoms with van der Waals surface area (Å²) in [6, 6.07) is 18.2. The van der Waals surface area contributed by atoms with Gasteiger partial charge in [-0.05, 0) is 37.1 Å². The van der Waals surface area contributed by atoms with Crippen molar-refractivity contribution in [2.45, 2.75) is 32.6 Å².